The maximum absolute atomic E-state index is 9.57. The van der Waals surface area contributed by atoms with Crippen molar-refractivity contribution in [2.24, 2.45) is 7.05 Å². The van der Waals surface area contributed by atoms with Crippen LogP contribution in [0.5, 0.6) is 5.75 Å². The molecule has 0 saturated heterocycles. The van der Waals surface area contributed by atoms with Crippen LogP contribution in [0.3, 0.4) is 0 Å². The van der Waals surface area contributed by atoms with Crippen LogP contribution in [-0.4, -0.2) is 21.9 Å². The van der Waals surface area contributed by atoms with Crippen molar-refractivity contribution >= 4 is 11.6 Å². The van der Waals surface area contributed by atoms with Crippen LogP contribution in [0.1, 0.15) is 11.4 Å². The Hall–Kier alpha value is -3.39. The average molecular weight is 316 g/mol. The van der Waals surface area contributed by atoms with Crippen molar-refractivity contribution < 1.29 is 4.74 Å². The molecule has 0 bridgehead atoms. The molecular formula is C19H16N4O. The minimum atomic E-state index is 0.427. The molecule has 0 radical (unpaired) electrons. The highest BCUT2D eigenvalue weighted by Gasteiger charge is 2.14. The molecule has 3 aromatic rings. The van der Waals surface area contributed by atoms with Crippen molar-refractivity contribution in [1.82, 2.24) is 14.8 Å². The zero-order valence-electron chi connectivity index (χ0n) is 13.5. The van der Waals surface area contributed by atoms with Crippen molar-refractivity contribution in [3.8, 4) is 23.2 Å². The standard InChI is InChI=1S/C19H16N4O/c1-23-18(14-8-4-3-5-9-14)21-22-19(23)16(13-20)12-15-10-6-7-11-17(15)24-2/h3-12H,1-2H3/b16-12+. The molecule has 5 heteroatoms. The summed E-state index contributed by atoms with van der Waals surface area (Å²) >= 11 is 0. The molecule has 0 unspecified atom stereocenters. The van der Waals surface area contributed by atoms with Crippen LogP contribution in [0, 0.1) is 11.3 Å². The molecule has 1 heterocycles. The summed E-state index contributed by atoms with van der Waals surface area (Å²) in [5.41, 5.74) is 2.20. The third-order valence-corrected chi connectivity index (χ3v) is 3.71. The Labute approximate surface area is 140 Å². The molecule has 0 fully saturated rings. The average Bonchev–Trinajstić information content (AvgIpc) is 3.02. The molecule has 0 aliphatic heterocycles. The van der Waals surface area contributed by atoms with Crippen LogP contribution in [0.25, 0.3) is 23.0 Å². The number of hydrogen-bond acceptors (Lipinski definition) is 4. The molecule has 0 atom stereocenters. The number of methoxy groups -OCH3 is 1. The van der Waals surface area contributed by atoms with E-state index in [0.29, 0.717) is 23.0 Å². The van der Waals surface area contributed by atoms with E-state index in [-0.39, 0.29) is 0 Å². The maximum Gasteiger partial charge on any atom is 0.174 e. The quantitative estimate of drug-likeness (QED) is 0.690. The number of rotatable bonds is 4. The molecule has 1 aromatic heterocycles. The van der Waals surface area contributed by atoms with Crippen molar-refractivity contribution in [2.75, 3.05) is 7.11 Å². The van der Waals surface area contributed by atoms with Gasteiger partial charge in [0, 0.05) is 18.2 Å². The van der Waals surface area contributed by atoms with Crippen molar-refractivity contribution in [3.05, 3.63) is 66.0 Å². The van der Waals surface area contributed by atoms with Crippen molar-refractivity contribution in [1.29, 1.82) is 5.26 Å². The SMILES string of the molecule is COc1ccccc1/C=C(\C#N)c1nnc(-c2ccccc2)n1C. The van der Waals surface area contributed by atoms with E-state index in [4.69, 9.17) is 4.74 Å². The second kappa shape index (κ2) is 6.80. The Bertz CT molecular complexity index is 920. The van der Waals surface area contributed by atoms with E-state index >= 15 is 0 Å². The number of benzene rings is 2. The lowest BCUT2D eigenvalue weighted by Gasteiger charge is -2.06. The van der Waals surface area contributed by atoms with Crippen LogP contribution in [-0.2, 0) is 7.05 Å². The predicted molar refractivity (Wildman–Crippen MR) is 92.9 cm³/mol. The van der Waals surface area contributed by atoms with E-state index in [2.05, 4.69) is 16.3 Å². The van der Waals surface area contributed by atoms with Gasteiger partial charge in [0.25, 0.3) is 0 Å². The Balaban J connectivity index is 2.06. The second-order valence-corrected chi connectivity index (χ2v) is 5.18. The normalized spacial score (nSPS) is 11.1. The minimum Gasteiger partial charge on any atom is -0.496 e. The van der Waals surface area contributed by atoms with Gasteiger partial charge in [-0.15, -0.1) is 10.2 Å². The number of para-hydroxylation sites is 1. The molecular weight excluding hydrogens is 300 g/mol. The van der Waals surface area contributed by atoms with Gasteiger partial charge < -0.3 is 9.30 Å². The molecule has 0 spiro atoms. The largest absolute Gasteiger partial charge is 0.496 e. The van der Waals surface area contributed by atoms with E-state index < -0.39 is 0 Å². The first-order chi connectivity index (χ1) is 11.7. The topological polar surface area (TPSA) is 63.7 Å². The number of ether oxygens (including phenoxy) is 1. The summed E-state index contributed by atoms with van der Waals surface area (Å²) in [6, 6.07) is 19.5. The highest BCUT2D eigenvalue weighted by Crippen LogP contribution is 2.25. The number of nitriles is 1. The lowest BCUT2D eigenvalue weighted by atomic mass is 10.1. The minimum absolute atomic E-state index is 0.427. The van der Waals surface area contributed by atoms with Gasteiger partial charge in [-0.1, -0.05) is 48.5 Å². The van der Waals surface area contributed by atoms with Crippen LogP contribution < -0.4 is 4.74 Å². The second-order valence-electron chi connectivity index (χ2n) is 5.18. The first kappa shape index (κ1) is 15.5. The summed E-state index contributed by atoms with van der Waals surface area (Å²) in [4.78, 5) is 0. The molecule has 3 rings (SSSR count). The van der Waals surface area contributed by atoms with Crippen molar-refractivity contribution in [3.63, 3.8) is 0 Å². The summed E-state index contributed by atoms with van der Waals surface area (Å²) in [7, 11) is 3.46. The number of allylic oxidation sites excluding steroid dienone is 1. The summed E-state index contributed by atoms with van der Waals surface area (Å²) in [6.45, 7) is 0. The van der Waals surface area contributed by atoms with Gasteiger partial charge in [-0.3, -0.25) is 0 Å². The maximum atomic E-state index is 9.57. The van der Waals surface area contributed by atoms with E-state index in [1.54, 1.807) is 13.2 Å². The first-order valence-corrected chi connectivity index (χ1v) is 7.44. The van der Waals surface area contributed by atoms with Crippen LogP contribution in [0.2, 0.25) is 0 Å². The fourth-order valence-corrected chi connectivity index (χ4v) is 2.49. The Morgan fingerprint density at radius 2 is 1.79 bits per heavy atom. The van der Waals surface area contributed by atoms with Gasteiger partial charge in [-0.05, 0) is 12.1 Å². The van der Waals surface area contributed by atoms with E-state index in [1.807, 2.05) is 66.2 Å². The van der Waals surface area contributed by atoms with Gasteiger partial charge in [-0.2, -0.15) is 5.26 Å². The van der Waals surface area contributed by atoms with Gasteiger partial charge in [0.1, 0.15) is 11.8 Å². The van der Waals surface area contributed by atoms with E-state index in [0.717, 1.165) is 11.1 Å². The molecule has 118 valence electrons. The molecule has 0 amide bonds. The third kappa shape index (κ3) is 2.90. The summed E-state index contributed by atoms with van der Waals surface area (Å²) in [6.07, 6.45) is 1.76. The van der Waals surface area contributed by atoms with Gasteiger partial charge in [-0.25, -0.2) is 0 Å². The number of aromatic nitrogens is 3. The molecule has 24 heavy (non-hydrogen) atoms. The van der Waals surface area contributed by atoms with Crippen LogP contribution >= 0.6 is 0 Å². The molecule has 0 aliphatic rings. The highest BCUT2D eigenvalue weighted by atomic mass is 16.5. The van der Waals surface area contributed by atoms with Crippen LogP contribution in [0.4, 0.5) is 0 Å². The molecule has 0 aliphatic carbocycles. The van der Waals surface area contributed by atoms with Crippen molar-refractivity contribution in [2.45, 2.75) is 0 Å². The fraction of sp³-hybridized carbons (Fsp3) is 0.105. The smallest absolute Gasteiger partial charge is 0.174 e. The van der Waals surface area contributed by atoms with Gasteiger partial charge in [0.2, 0.25) is 0 Å². The lowest BCUT2D eigenvalue weighted by molar-refractivity contribution is 0.414. The molecule has 0 saturated carbocycles. The Morgan fingerprint density at radius 1 is 1.08 bits per heavy atom. The molecule has 0 N–H and O–H groups in total. The monoisotopic (exact) mass is 316 g/mol. The first-order valence-electron chi connectivity index (χ1n) is 7.44. The summed E-state index contributed by atoms with van der Waals surface area (Å²) in [5, 5.41) is 18.0. The molecule has 2 aromatic carbocycles. The van der Waals surface area contributed by atoms with E-state index in [1.165, 1.54) is 0 Å². The third-order valence-electron chi connectivity index (χ3n) is 3.71. The zero-order valence-corrected chi connectivity index (χ0v) is 13.5. The van der Waals surface area contributed by atoms with Gasteiger partial charge in [0.15, 0.2) is 11.6 Å². The highest BCUT2D eigenvalue weighted by molar-refractivity contribution is 5.88. The Morgan fingerprint density at radius 3 is 2.50 bits per heavy atom. The molecule has 5 nitrogen and oxygen atoms in total. The number of nitrogens with zero attached hydrogens (tertiary/aromatic N) is 4. The Kier molecular flexibility index (Phi) is 4.39. The zero-order chi connectivity index (χ0) is 16.9. The number of hydrogen-bond donors (Lipinski definition) is 0. The predicted octanol–water partition coefficient (Wildman–Crippen LogP) is 3.55. The summed E-state index contributed by atoms with van der Waals surface area (Å²) < 4.78 is 7.15. The van der Waals surface area contributed by atoms with Crippen LogP contribution in [0.15, 0.2) is 54.6 Å². The lowest BCUT2D eigenvalue weighted by Crippen LogP contribution is -1.98. The van der Waals surface area contributed by atoms with Gasteiger partial charge in [0.05, 0.1) is 12.7 Å². The fourth-order valence-electron chi connectivity index (χ4n) is 2.49. The summed E-state index contributed by atoms with van der Waals surface area (Å²) in [5.74, 6) is 1.93. The van der Waals surface area contributed by atoms with Gasteiger partial charge >= 0.3 is 0 Å². The van der Waals surface area contributed by atoms with E-state index in [9.17, 15) is 5.26 Å².